The Labute approximate surface area is 129 Å². The number of esters is 2. The van der Waals surface area contributed by atoms with Gasteiger partial charge in [-0.3, -0.25) is 14.5 Å². The third kappa shape index (κ3) is 6.47. The molecule has 0 saturated heterocycles. The molecule has 0 aromatic heterocycles. The number of ether oxygens (including phenoxy) is 1. The minimum atomic E-state index is -0.579. The van der Waals surface area contributed by atoms with E-state index < -0.39 is 11.9 Å². The second-order valence-electron chi connectivity index (χ2n) is 5.00. The number of unbranched alkanes of at least 4 members (excludes halogenated alkanes) is 5. The first-order valence-corrected chi connectivity index (χ1v) is 7.52. The highest BCUT2D eigenvalue weighted by atomic mass is 16.6. The molecule has 0 unspecified atom stereocenters. The van der Waals surface area contributed by atoms with Crippen LogP contribution >= 0.6 is 0 Å². The zero-order valence-corrected chi connectivity index (χ0v) is 12.7. The number of hydrogen-bond donors (Lipinski definition) is 0. The molecular formula is C16H21NO5. The van der Waals surface area contributed by atoms with Crippen molar-refractivity contribution >= 4 is 23.8 Å². The van der Waals surface area contributed by atoms with E-state index in [1.165, 1.54) is 42.7 Å². The maximum Gasteiger partial charge on any atom is 0.338 e. The minimum absolute atomic E-state index is 0.159. The fourth-order valence-corrected chi connectivity index (χ4v) is 2.01. The Morgan fingerprint density at radius 2 is 1.27 bits per heavy atom. The molecule has 0 N–H and O–H groups in total. The van der Waals surface area contributed by atoms with Gasteiger partial charge in [-0.1, -0.05) is 39.0 Å². The highest BCUT2D eigenvalue weighted by Gasteiger charge is 2.21. The van der Waals surface area contributed by atoms with Crippen LogP contribution in [0.4, 0.5) is 0 Å². The Kier molecular flexibility index (Phi) is 7.81. The molecule has 2 heterocycles. The number of amides is 2. The van der Waals surface area contributed by atoms with Gasteiger partial charge in [0.25, 0.3) is 11.8 Å². The topological polar surface area (TPSA) is 80.8 Å². The standard InChI is InChI=1S/C12H19NO2.C4H2O3/c1-2-3-4-5-6-7-10-13-11(14)8-9-12(13)15;5-3-1-2-4(6)7-3/h8-9H,2-7,10H2,1H3;1-2H. The van der Waals surface area contributed by atoms with E-state index in [1.807, 2.05) is 0 Å². The number of hydrogen-bond acceptors (Lipinski definition) is 5. The van der Waals surface area contributed by atoms with Crippen LogP contribution in [0, 0.1) is 0 Å². The van der Waals surface area contributed by atoms with Gasteiger partial charge in [-0.25, -0.2) is 9.59 Å². The van der Waals surface area contributed by atoms with Crippen molar-refractivity contribution in [3.8, 4) is 0 Å². The lowest BCUT2D eigenvalue weighted by Crippen LogP contribution is -2.30. The maximum atomic E-state index is 11.2. The fraction of sp³-hybridized carbons (Fsp3) is 0.500. The van der Waals surface area contributed by atoms with Gasteiger partial charge in [0.05, 0.1) is 0 Å². The zero-order chi connectivity index (χ0) is 16.4. The highest BCUT2D eigenvalue weighted by molar-refractivity contribution is 6.12. The van der Waals surface area contributed by atoms with Crippen LogP contribution in [0.25, 0.3) is 0 Å². The van der Waals surface area contributed by atoms with Gasteiger partial charge in [0.2, 0.25) is 0 Å². The molecule has 0 fully saturated rings. The van der Waals surface area contributed by atoms with Crippen molar-refractivity contribution in [1.29, 1.82) is 0 Å². The molecule has 2 amide bonds. The Hall–Kier alpha value is -2.24. The summed E-state index contributed by atoms with van der Waals surface area (Å²) in [6.45, 7) is 2.77. The molecule has 2 aliphatic heterocycles. The summed E-state index contributed by atoms with van der Waals surface area (Å²) < 4.78 is 3.97. The summed E-state index contributed by atoms with van der Waals surface area (Å²) in [4.78, 5) is 43.5. The van der Waals surface area contributed by atoms with Gasteiger partial charge in [-0.05, 0) is 6.42 Å². The first-order valence-electron chi connectivity index (χ1n) is 7.52. The van der Waals surface area contributed by atoms with E-state index in [9.17, 15) is 19.2 Å². The average Bonchev–Trinajstić information content (AvgIpc) is 3.01. The second kappa shape index (κ2) is 9.65. The van der Waals surface area contributed by atoms with Crippen LogP contribution in [0.5, 0.6) is 0 Å². The second-order valence-corrected chi connectivity index (χ2v) is 5.00. The van der Waals surface area contributed by atoms with Gasteiger partial charge in [0.1, 0.15) is 0 Å². The summed E-state index contributed by atoms with van der Waals surface area (Å²) in [5, 5.41) is 0. The number of rotatable bonds is 7. The van der Waals surface area contributed by atoms with Crippen molar-refractivity contribution in [1.82, 2.24) is 4.90 Å². The van der Waals surface area contributed by atoms with Crippen LogP contribution in [0.2, 0.25) is 0 Å². The summed E-state index contributed by atoms with van der Waals surface area (Å²) in [5.74, 6) is -1.47. The first-order chi connectivity index (χ1) is 10.5. The molecule has 0 aromatic carbocycles. The maximum absolute atomic E-state index is 11.2. The lowest BCUT2D eigenvalue weighted by atomic mass is 10.1. The SMILES string of the molecule is CCCCCCCCN1C(=O)C=CC1=O.O=C1C=CC(=O)O1. The van der Waals surface area contributed by atoms with E-state index in [-0.39, 0.29) is 11.8 Å². The van der Waals surface area contributed by atoms with Crippen LogP contribution in [0.15, 0.2) is 24.3 Å². The number of carbonyl (C=O) groups is 4. The molecule has 6 nitrogen and oxygen atoms in total. The fourth-order valence-electron chi connectivity index (χ4n) is 2.01. The third-order valence-electron chi connectivity index (χ3n) is 3.19. The third-order valence-corrected chi connectivity index (χ3v) is 3.19. The summed E-state index contributed by atoms with van der Waals surface area (Å²) in [5.41, 5.74) is 0. The van der Waals surface area contributed by atoms with Crippen molar-refractivity contribution < 1.29 is 23.9 Å². The Morgan fingerprint density at radius 3 is 1.73 bits per heavy atom. The molecule has 2 rings (SSSR count). The molecule has 120 valence electrons. The Morgan fingerprint density at radius 1 is 0.773 bits per heavy atom. The Balaban J connectivity index is 0.000000287. The highest BCUT2D eigenvalue weighted by Crippen LogP contribution is 2.09. The Bertz CT molecular complexity index is 459. The number of imide groups is 1. The largest absolute Gasteiger partial charge is 0.387 e. The van der Waals surface area contributed by atoms with Crippen LogP contribution in [-0.4, -0.2) is 35.2 Å². The monoisotopic (exact) mass is 307 g/mol. The van der Waals surface area contributed by atoms with Crippen molar-refractivity contribution in [2.24, 2.45) is 0 Å². The van der Waals surface area contributed by atoms with Gasteiger partial charge in [-0.2, -0.15) is 0 Å². The molecule has 0 atom stereocenters. The van der Waals surface area contributed by atoms with Gasteiger partial charge in [-0.15, -0.1) is 0 Å². The molecule has 0 saturated carbocycles. The zero-order valence-electron chi connectivity index (χ0n) is 12.7. The lowest BCUT2D eigenvalue weighted by molar-refractivity contribution is -0.150. The van der Waals surface area contributed by atoms with Crippen LogP contribution in [-0.2, 0) is 23.9 Å². The van der Waals surface area contributed by atoms with E-state index in [2.05, 4.69) is 11.7 Å². The summed E-state index contributed by atoms with van der Waals surface area (Å²) >= 11 is 0. The van der Waals surface area contributed by atoms with E-state index in [0.717, 1.165) is 25.0 Å². The van der Waals surface area contributed by atoms with E-state index in [4.69, 9.17) is 0 Å². The van der Waals surface area contributed by atoms with Gasteiger partial charge < -0.3 is 4.74 Å². The van der Waals surface area contributed by atoms with E-state index in [1.54, 1.807) is 0 Å². The van der Waals surface area contributed by atoms with Crippen LogP contribution in [0.3, 0.4) is 0 Å². The molecule has 0 spiro atoms. The van der Waals surface area contributed by atoms with Gasteiger partial charge in [0, 0.05) is 30.8 Å². The molecule has 0 aromatic rings. The quantitative estimate of drug-likeness (QED) is 0.310. The van der Waals surface area contributed by atoms with Crippen molar-refractivity contribution in [3.63, 3.8) is 0 Å². The van der Waals surface area contributed by atoms with E-state index >= 15 is 0 Å². The molecule has 22 heavy (non-hydrogen) atoms. The number of cyclic esters (lactones) is 2. The molecule has 0 bridgehead atoms. The van der Waals surface area contributed by atoms with Crippen molar-refractivity contribution in [2.45, 2.75) is 45.4 Å². The lowest BCUT2D eigenvalue weighted by Gasteiger charge is -2.12. The summed E-state index contributed by atoms with van der Waals surface area (Å²) in [6.07, 6.45) is 11.9. The minimum Gasteiger partial charge on any atom is -0.387 e. The predicted molar refractivity (Wildman–Crippen MR) is 79.5 cm³/mol. The smallest absolute Gasteiger partial charge is 0.338 e. The van der Waals surface area contributed by atoms with Crippen LogP contribution < -0.4 is 0 Å². The van der Waals surface area contributed by atoms with E-state index in [0.29, 0.717) is 6.54 Å². The van der Waals surface area contributed by atoms with Crippen LogP contribution in [0.1, 0.15) is 45.4 Å². The predicted octanol–water partition coefficient (Wildman–Crippen LogP) is 1.90. The summed E-state index contributed by atoms with van der Waals surface area (Å²) in [6, 6.07) is 0. The molecular weight excluding hydrogens is 286 g/mol. The van der Waals surface area contributed by atoms with Gasteiger partial charge in [0.15, 0.2) is 0 Å². The molecule has 6 heteroatoms. The van der Waals surface area contributed by atoms with Crippen molar-refractivity contribution in [3.05, 3.63) is 24.3 Å². The average molecular weight is 307 g/mol. The summed E-state index contributed by atoms with van der Waals surface area (Å²) in [7, 11) is 0. The van der Waals surface area contributed by atoms with Crippen molar-refractivity contribution in [2.75, 3.05) is 6.54 Å². The molecule has 0 aliphatic carbocycles. The first kappa shape index (κ1) is 17.8. The number of nitrogens with zero attached hydrogens (tertiary/aromatic N) is 1. The number of carbonyl (C=O) groups excluding carboxylic acids is 4. The normalized spacial score (nSPS) is 16.1. The molecule has 2 aliphatic rings. The molecule has 0 radical (unpaired) electrons. The van der Waals surface area contributed by atoms with Gasteiger partial charge >= 0.3 is 11.9 Å².